The highest BCUT2D eigenvalue weighted by Gasteiger charge is 2.52. The van der Waals surface area contributed by atoms with Crippen LogP contribution in [0.3, 0.4) is 0 Å². The number of hydrogen-bond acceptors (Lipinski definition) is 1. The Morgan fingerprint density at radius 2 is 2.05 bits per heavy atom. The first-order chi connectivity index (χ1) is 10.3. The largest absolute Gasteiger partial charge is 0.297 e. The van der Waals surface area contributed by atoms with Crippen molar-refractivity contribution >= 4 is 11.8 Å². The van der Waals surface area contributed by atoms with Crippen LogP contribution >= 0.6 is 0 Å². The zero-order valence-electron chi connectivity index (χ0n) is 12.4. The molecule has 3 saturated heterocycles. The van der Waals surface area contributed by atoms with Gasteiger partial charge in [-0.3, -0.25) is 9.38 Å². The van der Waals surface area contributed by atoms with E-state index in [1.54, 1.807) is 12.1 Å². The first-order valence-corrected chi connectivity index (χ1v) is 8.38. The van der Waals surface area contributed by atoms with Crippen molar-refractivity contribution in [3.63, 3.8) is 0 Å². The van der Waals surface area contributed by atoms with E-state index in [4.69, 9.17) is 0 Å². The van der Waals surface area contributed by atoms with Gasteiger partial charge in [-0.15, -0.1) is 0 Å². The van der Waals surface area contributed by atoms with Gasteiger partial charge in [0.1, 0.15) is 23.7 Å². The molecule has 0 radical (unpaired) electrons. The van der Waals surface area contributed by atoms with Crippen LogP contribution < -0.4 is 4.48 Å². The molecule has 6 rings (SSSR count). The Morgan fingerprint density at radius 1 is 1.19 bits per heavy atom. The van der Waals surface area contributed by atoms with Crippen molar-refractivity contribution in [1.82, 2.24) is 9.38 Å². The van der Waals surface area contributed by atoms with E-state index in [9.17, 15) is 4.39 Å². The van der Waals surface area contributed by atoms with E-state index in [2.05, 4.69) is 17.2 Å². The summed E-state index contributed by atoms with van der Waals surface area (Å²) in [5.74, 6) is 0.783. The lowest BCUT2D eigenvalue weighted by molar-refractivity contribution is 0.0267. The minimum absolute atomic E-state index is 0.0655. The van der Waals surface area contributed by atoms with Crippen molar-refractivity contribution < 1.29 is 4.39 Å². The number of nitrogens with zero attached hydrogens (tertiary/aromatic N) is 2. The second kappa shape index (κ2) is 4.17. The number of fused-ring (bicyclic) bond motifs is 4. The van der Waals surface area contributed by atoms with Crippen molar-refractivity contribution in [3.05, 3.63) is 35.3 Å². The highest BCUT2D eigenvalue weighted by molar-refractivity contribution is 5.77. The van der Waals surface area contributed by atoms with Crippen LogP contribution in [-0.4, -0.2) is 37.1 Å². The van der Waals surface area contributed by atoms with E-state index in [1.807, 2.05) is 0 Å². The average molecular weight is 285 g/mol. The molecule has 5 aliphatic heterocycles. The summed E-state index contributed by atoms with van der Waals surface area (Å²) in [6, 6.07) is 4.22. The molecule has 0 spiro atoms. The average Bonchev–Trinajstić information content (AvgIpc) is 2.90. The van der Waals surface area contributed by atoms with Gasteiger partial charge in [-0.2, -0.15) is 0 Å². The Morgan fingerprint density at radius 3 is 2.81 bits per heavy atom. The number of quaternary nitrogens is 1. The highest BCUT2D eigenvalue weighted by Crippen LogP contribution is 2.48. The number of piperidine rings is 3. The van der Waals surface area contributed by atoms with Gasteiger partial charge >= 0.3 is 0 Å². The van der Waals surface area contributed by atoms with Crippen LogP contribution in [0.25, 0.3) is 6.08 Å². The zero-order valence-corrected chi connectivity index (χ0v) is 12.4. The molecule has 0 aliphatic carbocycles. The molecule has 2 unspecified atom stereocenters. The van der Waals surface area contributed by atoms with Crippen LogP contribution in [0.4, 0.5) is 10.1 Å². The molecule has 3 heteroatoms. The van der Waals surface area contributed by atoms with E-state index in [1.165, 1.54) is 56.7 Å². The molecule has 5 heterocycles. The Hall–Kier alpha value is -1.19. The molecular formula is C18H22FN2+. The lowest BCUT2D eigenvalue weighted by atomic mass is 9.80. The summed E-state index contributed by atoms with van der Waals surface area (Å²) < 4.78 is 14.8. The van der Waals surface area contributed by atoms with Gasteiger partial charge in [-0.1, -0.05) is 0 Å². The lowest BCUT2D eigenvalue weighted by Gasteiger charge is -2.53. The molecule has 2 nitrogen and oxygen atoms in total. The number of halogens is 1. The lowest BCUT2D eigenvalue weighted by Crippen LogP contribution is -2.66. The fourth-order valence-electron chi connectivity index (χ4n) is 5.41. The van der Waals surface area contributed by atoms with Crippen LogP contribution in [0.15, 0.2) is 18.3 Å². The van der Waals surface area contributed by atoms with Gasteiger partial charge < -0.3 is 0 Å². The summed E-state index contributed by atoms with van der Waals surface area (Å²) in [7, 11) is 0. The first-order valence-electron chi connectivity index (χ1n) is 8.38. The van der Waals surface area contributed by atoms with Crippen LogP contribution in [0.1, 0.15) is 30.4 Å². The highest BCUT2D eigenvalue weighted by atomic mass is 19.1. The third-order valence-corrected chi connectivity index (χ3v) is 6.31. The Bertz CT molecular complexity index is 630. The standard InChI is InChI=1S/C18H22FN2/c19-16-10-14-2-1-8-21(9-5-15(11-16)18(14)21)17-12-20-6-3-13(17)4-7-20/h5,9-11,13,17H,1-4,6-8,12H2/q+1. The molecule has 0 aromatic heterocycles. The summed E-state index contributed by atoms with van der Waals surface area (Å²) in [6.07, 6.45) is 9.51. The van der Waals surface area contributed by atoms with Gasteiger partial charge in [0, 0.05) is 29.5 Å². The van der Waals surface area contributed by atoms with Crippen molar-refractivity contribution in [3.8, 4) is 0 Å². The Labute approximate surface area is 125 Å². The van der Waals surface area contributed by atoms with Crippen molar-refractivity contribution in [2.75, 3.05) is 26.2 Å². The Balaban J connectivity index is 1.66. The predicted molar refractivity (Wildman–Crippen MR) is 83.4 cm³/mol. The third kappa shape index (κ3) is 1.59. The molecule has 110 valence electrons. The van der Waals surface area contributed by atoms with Crippen LogP contribution in [0, 0.1) is 11.7 Å². The fourth-order valence-corrected chi connectivity index (χ4v) is 5.41. The maximum absolute atomic E-state index is 13.8. The normalized spacial score (nSPS) is 39.6. The van der Waals surface area contributed by atoms with E-state index in [0.717, 1.165) is 22.4 Å². The van der Waals surface area contributed by atoms with E-state index < -0.39 is 0 Å². The van der Waals surface area contributed by atoms with Gasteiger partial charge in [0.25, 0.3) is 0 Å². The molecule has 0 N–H and O–H groups in total. The van der Waals surface area contributed by atoms with Crippen LogP contribution in [-0.2, 0) is 6.42 Å². The molecule has 3 fully saturated rings. The van der Waals surface area contributed by atoms with Gasteiger partial charge in [-0.25, -0.2) is 4.39 Å². The van der Waals surface area contributed by atoms with E-state index in [-0.39, 0.29) is 5.82 Å². The molecule has 1 aromatic carbocycles. The summed E-state index contributed by atoms with van der Waals surface area (Å²) in [5, 5.41) is 0. The third-order valence-electron chi connectivity index (χ3n) is 6.31. The number of aryl methyl sites for hydroxylation is 1. The number of rotatable bonds is 1. The second-order valence-electron chi connectivity index (χ2n) is 7.28. The summed E-state index contributed by atoms with van der Waals surface area (Å²) in [5.41, 5.74) is 3.83. The molecule has 2 atom stereocenters. The van der Waals surface area contributed by atoms with Gasteiger partial charge in [0.05, 0.1) is 13.1 Å². The predicted octanol–water partition coefficient (Wildman–Crippen LogP) is 3.16. The van der Waals surface area contributed by atoms with Crippen molar-refractivity contribution in [2.45, 2.75) is 31.7 Å². The SMILES string of the molecule is Fc1cc2c3c(c1)CCC[N+]3(C1CN3CCC1CC3)C=C2. The zero-order chi connectivity index (χ0) is 14.0. The number of hydrogen-bond donors (Lipinski definition) is 0. The summed E-state index contributed by atoms with van der Waals surface area (Å²) >= 11 is 0. The fraction of sp³-hybridized carbons (Fsp3) is 0.556. The van der Waals surface area contributed by atoms with E-state index >= 15 is 0 Å². The molecule has 1 aromatic rings. The van der Waals surface area contributed by atoms with E-state index in [0.29, 0.717) is 6.04 Å². The van der Waals surface area contributed by atoms with Crippen LogP contribution in [0.2, 0.25) is 0 Å². The van der Waals surface area contributed by atoms with Gasteiger partial charge in [0.2, 0.25) is 0 Å². The first kappa shape index (κ1) is 12.4. The van der Waals surface area contributed by atoms with Crippen molar-refractivity contribution in [2.24, 2.45) is 5.92 Å². The minimum Gasteiger partial charge on any atom is -0.297 e. The molecule has 21 heavy (non-hydrogen) atoms. The van der Waals surface area contributed by atoms with Crippen molar-refractivity contribution in [1.29, 1.82) is 0 Å². The maximum Gasteiger partial charge on any atom is 0.148 e. The molecule has 0 saturated carbocycles. The monoisotopic (exact) mass is 285 g/mol. The topological polar surface area (TPSA) is 3.24 Å². The van der Waals surface area contributed by atoms with Crippen LogP contribution in [0.5, 0.6) is 0 Å². The second-order valence-corrected chi connectivity index (χ2v) is 7.28. The maximum atomic E-state index is 13.8. The van der Waals surface area contributed by atoms with Gasteiger partial charge in [-0.05, 0) is 44.5 Å². The molecular weight excluding hydrogens is 263 g/mol. The quantitative estimate of drug-likeness (QED) is 0.716. The molecule has 5 aliphatic rings. The molecule has 2 bridgehead atoms. The number of benzene rings is 1. The van der Waals surface area contributed by atoms with Gasteiger partial charge in [0.15, 0.2) is 0 Å². The summed E-state index contributed by atoms with van der Waals surface area (Å²) in [4.78, 5) is 2.64. The summed E-state index contributed by atoms with van der Waals surface area (Å²) in [6.45, 7) is 5.00. The minimum atomic E-state index is -0.0655. The Kier molecular flexibility index (Phi) is 2.46. The molecule has 0 amide bonds. The smallest absolute Gasteiger partial charge is 0.148 e.